The van der Waals surface area contributed by atoms with Gasteiger partial charge in [-0.15, -0.1) is 0 Å². The van der Waals surface area contributed by atoms with Crippen molar-refractivity contribution in [3.63, 3.8) is 0 Å². The Morgan fingerprint density at radius 2 is 1.76 bits per heavy atom. The summed E-state index contributed by atoms with van der Waals surface area (Å²) in [5.41, 5.74) is 0.971. The summed E-state index contributed by atoms with van der Waals surface area (Å²) < 4.78 is 24.8. The standard InChI is InChI=1S/C16H19N5O3S/c1-25(23,24)19-14-4-2-13(3-5-14)16(22)21-10-8-20(9-11-21)15-12-17-6-7-18-15/h2-7,12,19H,8-11H2,1H3. The van der Waals surface area contributed by atoms with Crippen LogP contribution in [0.3, 0.4) is 0 Å². The molecule has 3 rings (SSSR count). The monoisotopic (exact) mass is 361 g/mol. The summed E-state index contributed by atoms with van der Waals surface area (Å²) in [5, 5.41) is 0. The zero-order valence-corrected chi connectivity index (χ0v) is 14.6. The molecule has 2 aromatic rings. The van der Waals surface area contributed by atoms with Crippen molar-refractivity contribution in [1.82, 2.24) is 14.9 Å². The maximum absolute atomic E-state index is 12.6. The molecule has 9 heteroatoms. The van der Waals surface area contributed by atoms with E-state index in [-0.39, 0.29) is 5.91 Å². The number of amides is 1. The minimum Gasteiger partial charge on any atom is -0.352 e. The van der Waals surface area contributed by atoms with Crippen molar-refractivity contribution in [1.29, 1.82) is 0 Å². The number of anilines is 2. The van der Waals surface area contributed by atoms with E-state index in [9.17, 15) is 13.2 Å². The number of nitrogens with zero attached hydrogens (tertiary/aromatic N) is 4. The molecule has 1 aromatic carbocycles. The van der Waals surface area contributed by atoms with Crippen LogP contribution < -0.4 is 9.62 Å². The fourth-order valence-electron chi connectivity index (χ4n) is 2.67. The van der Waals surface area contributed by atoms with Crippen molar-refractivity contribution in [2.45, 2.75) is 0 Å². The lowest BCUT2D eigenvalue weighted by Crippen LogP contribution is -2.49. The Morgan fingerprint density at radius 3 is 2.32 bits per heavy atom. The summed E-state index contributed by atoms with van der Waals surface area (Å²) in [6, 6.07) is 6.43. The summed E-state index contributed by atoms with van der Waals surface area (Å²) in [5.74, 6) is 0.746. The molecule has 0 unspecified atom stereocenters. The van der Waals surface area contributed by atoms with Crippen LogP contribution in [0, 0.1) is 0 Å². The van der Waals surface area contributed by atoms with Crippen LogP contribution in [0.2, 0.25) is 0 Å². The lowest BCUT2D eigenvalue weighted by Gasteiger charge is -2.35. The first-order valence-electron chi connectivity index (χ1n) is 7.80. The van der Waals surface area contributed by atoms with E-state index in [0.717, 1.165) is 12.1 Å². The number of hydrogen-bond donors (Lipinski definition) is 1. The Balaban J connectivity index is 1.61. The molecular weight excluding hydrogens is 342 g/mol. The number of hydrogen-bond acceptors (Lipinski definition) is 6. The lowest BCUT2D eigenvalue weighted by atomic mass is 10.1. The second-order valence-electron chi connectivity index (χ2n) is 5.79. The lowest BCUT2D eigenvalue weighted by molar-refractivity contribution is 0.0746. The highest BCUT2D eigenvalue weighted by atomic mass is 32.2. The first-order chi connectivity index (χ1) is 11.9. The highest BCUT2D eigenvalue weighted by molar-refractivity contribution is 7.92. The second-order valence-corrected chi connectivity index (χ2v) is 7.54. The number of nitrogens with one attached hydrogen (secondary N) is 1. The highest BCUT2D eigenvalue weighted by Crippen LogP contribution is 2.16. The van der Waals surface area contributed by atoms with Crippen LogP contribution in [0.1, 0.15) is 10.4 Å². The third-order valence-corrected chi connectivity index (χ3v) is 4.48. The zero-order chi connectivity index (χ0) is 17.9. The molecule has 0 spiro atoms. The van der Waals surface area contributed by atoms with Crippen molar-refractivity contribution in [3.8, 4) is 0 Å². The van der Waals surface area contributed by atoms with Crippen LogP contribution in [0.4, 0.5) is 11.5 Å². The zero-order valence-electron chi connectivity index (χ0n) is 13.8. The van der Waals surface area contributed by atoms with Gasteiger partial charge in [0, 0.05) is 49.8 Å². The average molecular weight is 361 g/mol. The number of carbonyl (C=O) groups excluding carboxylic acids is 1. The van der Waals surface area contributed by atoms with Crippen LogP contribution >= 0.6 is 0 Å². The molecule has 1 N–H and O–H groups in total. The molecule has 2 heterocycles. The van der Waals surface area contributed by atoms with Gasteiger partial charge < -0.3 is 9.80 Å². The molecule has 1 fully saturated rings. The van der Waals surface area contributed by atoms with E-state index in [0.29, 0.717) is 37.4 Å². The Hall–Kier alpha value is -2.68. The molecule has 0 radical (unpaired) electrons. The Bertz CT molecular complexity index is 832. The molecule has 25 heavy (non-hydrogen) atoms. The van der Waals surface area contributed by atoms with Gasteiger partial charge in [-0.2, -0.15) is 0 Å². The van der Waals surface area contributed by atoms with Crippen molar-refractivity contribution in [2.24, 2.45) is 0 Å². The van der Waals surface area contributed by atoms with Crippen LogP contribution in [0.25, 0.3) is 0 Å². The molecule has 0 aliphatic carbocycles. The van der Waals surface area contributed by atoms with Gasteiger partial charge in [-0.25, -0.2) is 13.4 Å². The fraction of sp³-hybridized carbons (Fsp3) is 0.312. The third kappa shape index (κ3) is 4.44. The maximum atomic E-state index is 12.6. The predicted molar refractivity (Wildman–Crippen MR) is 95.1 cm³/mol. The molecule has 0 atom stereocenters. The van der Waals surface area contributed by atoms with Crippen LogP contribution in [-0.4, -0.2) is 61.6 Å². The van der Waals surface area contributed by atoms with Crippen molar-refractivity contribution in [3.05, 3.63) is 48.4 Å². The van der Waals surface area contributed by atoms with E-state index in [2.05, 4.69) is 19.6 Å². The van der Waals surface area contributed by atoms with Gasteiger partial charge in [0.1, 0.15) is 5.82 Å². The number of sulfonamides is 1. The predicted octanol–water partition coefficient (Wildman–Crippen LogP) is 0.810. The first kappa shape index (κ1) is 17.2. The van der Waals surface area contributed by atoms with E-state index in [1.54, 1.807) is 47.8 Å². The topological polar surface area (TPSA) is 95.5 Å². The Labute approximate surface area is 146 Å². The molecule has 1 saturated heterocycles. The van der Waals surface area contributed by atoms with Gasteiger partial charge >= 0.3 is 0 Å². The summed E-state index contributed by atoms with van der Waals surface area (Å²) in [7, 11) is -3.33. The minimum atomic E-state index is -3.33. The van der Waals surface area contributed by atoms with E-state index < -0.39 is 10.0 Å². The molecule has 0 bridgehead atoms. The summed E-state index contributed by atoms with van der Waals surface area (Å²) >= 11 is 0. The third-order valence-electron chi connectivity index (χ3n) is 3.88. The molecule has 1 amide bonds. The number of aromatic nitrogens is 2. The second kappa shape index (κ2) is 7.06. The fourth-order valence-corrected chi connectivity index (χ4v) is 3.23. The van der Waals surface area contributed by atoms with Crippen LogP contribution in [0.5, 0.6) is 0 Å². The first-order valence-corrected chi connectivity index (χ1v) is 9.69. The van der Waals surface area contributed by atoms with Gasteiger partial charge in [-0.05, 0) is 24.3 Å². The van der Waals surface area contributed by atoms with E-state index in [1.807, 2.05) is 0 Å². The van der Waals surface area contributed by atoms with Gasteiger partial charge in [-0.1, -0.05) is 0 Å². The molecule has 8 nitrogen and oxygen atoms in total. The summed E-state index contributed by atoms with van der Waals surface area (Å²) in [6.45, 7) is 2.58. The quantitative estimate of drug-likeness (QED) is 0.866. The van der Waals surface area contributed by atoms with Gasteiger partial charge in [0.25, 0.3) is 5.91 Å². The van der Waals surface area contributed by atoms with Crippen molar-refractivity contribution < 1.29 is 13.2 Å². The number of piperazine rings is 1. The number of rotatable bonds is 4. The normalized spacial score (nSPS) is 15.1. The van der Waals surface area contributed by atoms with Gasteiger partial charge in [0.15, 0.2) is 0 Å². The van der Waals surface area contributed by atoms with E-state index in [1.165, 1.54) is 0 Å². The molecule has 1 aliphatic rings. The van der Waals surface area contributed by atoms with E-state index in [4.69, 9.17) is 0 Å². The number of benzene rings is 1. The van der Waals surface area contributed by atoms with E-state index >= 15 is 0 Å². The largest absolute Gasteiger partial charge is 0.352 e. The van der Waals surface area contributed by atoms with Crippen LogP contribution in [-0.2, 0) is 10.0 Å². The molecule has 0 saturated carbocycles. The highest BCUT2D eigenvalue weighted by Gasteiger charge is 2.22. The van der Waals surface area contributed by atoms with Gasteiger partial charge in [0.2, 0.25) is 10.0 Å². The smallest absolute Gasteiger partial charge is 0.253 e. The average Bonchev–Trinajstić information content (AvgIpc) is 2.61. The van der Waals surface area contributed by atoms with Gasteiger partial charge in [0.05, 0.1) is 12.5 Å². The summed E-state index contributed by atoms with van der Waals surface area (Å²) in [6.07, 6.45) is 6.08. The SMILES string of the molecule is CS(=O)(=O)Nc1ccc(C(=O)N2CCN(c3cnccn3)CC2)cc1. The Morgan fingerprint density at radius 1 is 1.08 bits per heavy atom. The minimum absolute atomic E-state index is 0.0651. The molecule has 1 aliphatic heterocycles. The van der Waals surface area contributed by atoms with Crippen molar-refractivity contribution in [2.75, 3.05) is 42.1 Å². The molecule has 132 valence electrons. The molecule has 1 aromatic heterocycles. The number of carbonyl (C=O) groups is 1. The molecular formula is C16H19N5O3S. The maximum Gasteiger partial charge on any atom is 0.253 e. The summed E-state index contributed by atoms with van der Waals surface area (Å²) in [4.78, 5) is 24.8. The van der Waals surface area contributed by atoms with Crippen molar-refractivity contribution >= 4 is 27.4 Å². The van der Waals surface area contributed by atoms with Crippen LogP contribution in [0.15, 0.2) is 42.9 Å². The Kier molecular flexibility index (Phi) is 4.84. The van der Waals surface area contributed by atoms with Gasteiger partial charge in [-0.3, -0.25) is 14.5 Å².